The topological polar surface area (TPSA) is 43.6 Å². The van der Waals surface area contributed by atoms with Crippen molar-refractivity contribution < 1.29 is 4.39 Å². The maximum Gasteiger partial charge on any atom is 0.167 e. The Morgan fingerprint density at radius 3 is 1.63 bits per heavy atom. The lowest BCUT2D eigenvalue weighted by atomic mass is 10.1. The minimum Gasteiger partial charge on any atom is -0.309 e. The number of hydrogen-bond acceptors (Lipinski definition) is 3. The quantitative estimate of drug-likeness (QED) is 0.249. The van der Waals surface area contributed by atoms with E-state index in [-0.39, 0.29) is 5.82 Å². The Morgan fingerprint density at radius 1 is 0.474 bits per heavy atom. The van der Waals surface area contributed by atoms with Gasteiger partial charge in [-0.2, -0.15) is 0 Å². The van der Waals surface area contributed by atoms with Gasteiger partial charge in [-0.1, -0.05) is 97.1 Å². The van der Waals surface area contributed by atoms with E-state index in [1.165, 1.54) is 0 Å². The molecule has 0 N–H and O–H groups in total. The molecule has 0 amide bonds. The summed E-state index contributed by atoms with van der Waals surface area (Å²) >= 11 is 0. The first kappa shape index (κ1) is 22.1. The monoisotopic (exact) mass is 492 g/mol. The van der Waals surface area contributed by atoms with Gasteiger partial charge in [-0.25, -0.2) is 19.3 Å². The molecule has 7 rings (SSSR count). The van der Waals surface area contributed by atoms with Crippen molar-refractivity contribution in [2.75, 3.05) is 0 Å². The Labute approximate surface area is 218 Å². The fraction of sp³-hybridized carbons (Fsp3) is 0. The van der Waals surface area contributed by atoms with Crippen LogP contribution in [-0.4, -0.2) is 19.5 Å². The third kappa shape index (κ3) is 3.73. The van der Waals surface area contributed by atoms with Gasteiger partial charge in [-0.3, -0.25) is 0 Å². The molecule has 0 saturated heterocycles. The van der Waals surface area contributed by atoms with E-state index in [0.717, 1.165) is 38.6 Å². The summed E-state index contributed by atoms with van der Waals surface area (Å²) in [4.78, 5) is 14.2. The first-order valence-electron chi connectivity index (χ1n) is 12.4. The summed E-state index contributed by atoms with van der Waals surface area (Å²) in [5.41, 5.74) is 4.91. The van der Waals surface area contributed by atoms with Gasteiger partial charge in [0.25, 0.3) is 0 Å². The van der Waals surface area contributed by atoms with Gasteiger partial charge in [-0.05, 0) is 30.3 Å². The van der Waals surface area contributed by atoms with E-state index in [2.05, 4.69) is 22.8 Å². The first-order valence-corrected chi connectivity index (χ1v) is 12.4. The Hall–Kier alpha value is -5.16. The van der Waals surface area contributed by atoms with Crippen LogP contribution in [-0.2, 0) is 0 Å². The molecule has 0 atom stereocenters. The number of para-hydroxylation sites is 2. The zero-order valence-corrected chi connectivity index (χ0v) is 20.3. The van der Waals surface area contributed by atoms with Crippen molar-refractivity contribution >= 4 is 21.8 Å². The van der Waals surface area contributed by atoms with Gasteiger partial charge in [-0.15, -0.1) is 0 Å². The van der Waals surface area contributed by atoms with Crippen LogP contribution in [0.15, 0.2) is 127 Å². The third-order valence-corrected chi connectivity index (χ3v) is 6.72. The molecule has 0 spiro atoms. The number of aromatic nitrogens is 4. The number of rotatable bonds is 4. The second-order valence-electron chi connectivity index (χ2n) is 9.08. The molecule has 2 aromatic heterocycles. The van der Waals surface area contributed by atoms with Gasteiger partial charge in [0.15, 0.2) is 17.5 Å². The van der Waals surface area contributed by atoms with E-state index in [9.17, 15) is 0 Å². The molecule has 0 saturated carbocycles. The predicted molar refractivity (Wildman–Crippen MR) is 150 cm³/mol. The summed E-state index contributed by atoms with van der Waals surface area (Å²) < 4.78 is 18.1. The van der Waals surface area contributed by atoms with E-state index < -0.39 is 0 Å². The van der Waals surface area contributed by atoms with Crippen molar-refractivity contribution in [1.29, 1.82) is 0 Å². The second kappa shape index (κ2) is 9.05. The molecule has 0 bridgehead atoms. The van der Waals surface area contributed by atoms with Crippen LogP contribution in [0.25, 0.3) is 61.7 Å². The van der Waals surface area contributed by atoms with Crippen LogP contribution in [0.4, 0.5) is 4.39 Å². The van der Waals surface area contributed by atoms with Gasteiger partial charge in [0.1, 0.15) is 5.82 Å². The molecule has 5 heteroatoms. The highest BCUT2D eigenvalue weighted by atomic mass is 19.1. The van der Waals surface area contributed by atoms with Crippen LogP contribution in [0.3, 0.4) is 0 Å². The van der Waals surface area contributed by atoms with Gasteiger partial charge in [0.05, 0.1) is 16.6 Å². The summed E-state index contributed by atoms with van der Waals surface area (Å²) in [5, 5.41) is 1.83. The summed E-state index contributed by atoms with van der Waals surface area (Å²) in [6.45, 7) is 0. The van der Waals surface area contributed by atoms with Crippen LogP contribution >= 0.6 is 0 Å². The molecule has 4 nitrogen and oxygen atoms in total. The van der Waals surface area contributed by atoms with Crippen LogP contribution < -0.4 is 0 Å². The number of hydrogen-bond donors (Lipinski definition) is 0. The molecule has 0 unspecified atom stereocenters. The smallest absolute Gasteiger partial charge is 0.167 e. The lowest BCUT2D eigenvalue weighted by molar-refractivity contribution is 0.631. The van der Waals surface area contributed by atoms with Gasteiger partial charge < -0.3 is 4.57 Å². The van der Waals surface area contributed by atoms with E-state index in [4.69, 9.17) is 15.0 Å². The average molecular weight is 493 g/mol. The summed E-state index contributed by atoms with van der Waals surface area (Å²) in [6.07, 6.45) is 0. The van der Waals surface area contributed by atoms with E-state index >= 15 is 4.39 Å². The molecular weight excluding hydrogens is 471 g/mol. The molecule has 0 aliphatic rings. The summed E-state index contributed by atoms with van der Waals surface area (Å²) in [7, 11) is 0. The Balaban J connectivity index is 1.52. The van der Waals surface area contributed by atoms with Gasteiger partial charge in [0.2, 0.25) is 0 Å². The molecule has 38 heavy (non-hydrogen) atoms. The van der Waals surface area contributed by atoms with Crippen LogP contribution in [0.5, 0.6) is 0 Å². The highest BCUT2D eigenvalue weighted by Crippen LogP contribution is 2.36. The third-order valence-electron chi connectivity index (χ3n) is 6.72. The van der Waals surface area contributed by atoms with Crippen molar-refractivity contribution in [3.05, 3.63) is 133 Å². The maximum atomic E-state index is 15.9. The van der Waals surface area contributed by atoms with Gasteiger partial charge >= 0.3 is 0 Å². The van der Waals surface area contributed by atoms with Crippen LogP contribution in [0.1, 0.15) is 0 Å². The molecule has 2 heterocycles. The minimum absolute atomic E-state index is 0.293. The number of halogens is 1. The van der Waals surface area contributed by atoms with Crippen molar-refractivity contribution in [2.24, 2.45) is 0 Å². The zero-order valence-electron chi connectivity index (χ0n) is 20.3. The molecule has 0 fully saturated rings. The second-order valence-corrected chi connectivity index (χ2v) is 9.08. The average Bonchev–Trinajstić information content (AvgIpc) is 3.31. The number of benzene rings is 5. The van der Waals surface area contributed by atoms with E-state index in [1.807, 2.05) is 103 Å². The van der Waals surface area contributed by atoms with Crippen molar-refractivity contribution in [1.82, 2.24) is 19.5 Å². The normalized spacial score (nSPS) is 11.3. The summed E-state index contributed by atoms with van der Waals surface area (Å²) in [5.74, 6) is 0.912. The van der Waals surface area contributed by atoms with E-state index in [1.54, 1.807) is 6.07 Å². The molecular formula is C33H21FN4. The van der Waals surface area contributed by atoms with Crippen molar-refractivity contribution in [3.8, 4) is 39.9 Å². The fourth-order valence-electron chi connectivity index (χ4n) is 4.94. The fourth-order valence-corrected chi connectivity index (χ4v) is 4.94. The number of fused-ring (bicyclic) bond motifs is 3. The van der Waals surface area contributed by atoms with Crippen molar-refractivity contribution in [2.45, 2.75) is 0 Å². The molecule has 180 valence electrons. The zero-order chi connectivity index (χ0) is 25.5. The highest BCUT2D eigenvalue weighted by molar-refractivity contribution is 6.10. The molecule has 0 aliphatic heterocycles. The van der Waals surface area contributed by atoms with Crippen LogP contribution in [0, 0.1) is 5.82 Å². The van der Waals surface area contributed by atoms with Crippen LogP contribution in [0.2, 0.25) is 0 Å². The summed E-state index contributed by atoms with van der Waals surface area (Å²) in [6, 6.07) is 41.0. The molecule has 0 radical (unpaired) electrons. The molecule has 5 aromatic carbocycles. The lowest BCUT2D eigenvalue weighted by Gasteiger charge is -2.11. The van der Waals surface area contributed by atoms with E-state index in [0.29, 0.717) is 23.0 Å². The number of nitrogens with zero attached hydrogens (tertiary/aromatic N) is 4. The first-order chi connectivity index (χ1) is 18.8. The Kier molecular flexibility index (Phi) is 5.26. The lowest BCUT2D eigenvalue weighted by Crippen LogP contribution is -2.02. The maximum absolute atomic E-state index is 15.9. The highest BCUT2D eigenvalue weighted by Gasteiger charge is 2.19. The Morgan fingerprint density at radius 2 is 1.00 bits per heavy atom. The largest absolute Gasteiger partial charge is 0.309 e. The molecule has 7 aromatic rings. The minimum atomic E-state index is -0.377. The predicted octanol–water partition coefficient (Wildman–Crippen LogP) is 8.11. The Bertz CT molecular complexity index is 1860. The standard InChI is InChI=1S/C33H21FN4/c34-28-20-26-25-18-10-11-19-29(25)38(24-16-8-3-9-17-24)30(26)21-27(28)33-36-31(22-12-4-1-5-13-22)35-32(37-33)23-14-6-2-7-15-23/h1-21H. The SMILES string of the molecule is Fc1cc2c3ccccc3n(-c3ccccc3)c2cc1-c1nc(-c2ccccc2)nc(-c2ccccc2)n1. The van der Waals surface area contributed by atoms with Gasteiger partial charge in [0, 0.05) is 27.6 Å². The molecule has 0 aliphatic carbocycles. The van der Waals surface area contributed by atoms with Crippen molar-refractivity contribution in [3.63, 3.8) is 0 Å².